The van der Waals surface area contributed by atoms with Gasteiger partial charge >= 0.3 is 0 Å². The van der Waals surface area contributed by atoms with Gasteiger partial charge in [0.05, 0.1) is 19.4 Å². The van der Waals surface area contributed by atoms with Crippen LogP contribution in [0.25, 0.3) is 0 Å². The number of hydrogen-bond acceptors (Lipinski definition) is 3. The molecular weight excluding hydrogens is 226 g/mol. The molecule has 0 spiro atoms. The highest BCUT2D eigenvalue weighted by Gasteiger charge is 2.07. The van der Waals surface area contributed by atoms with Crippen molar-refractivity contribution in [2.75, 3.05) is 7.11 Å². The van der Waals surface area contributed by atoms with E-state index >= 15 is 0 Å². The van der Waals surface area contributed by atoms with Gasteiger partial charge in [-0.25, -0.2) is 0 Å². The van der Waals surface area contributed by atoms with Crippen molar-refractivity contribution in [2.24, 2.45) is 0 Å². The first-order valence-electron chi connectivity index (χ1n) is 6.11. The van der Waals surface area contributed by atoms with Crippen molar-refractivity contribution in [3.8, 4) is 5.75 Å². The molecular formula is C15H19NO2. The summed E-state index contributed by atoms with van der Waals surface area (Å²) in [6.07, 6.45) is 1.70. The molecule has 0 radical (unpaired) electrons. The van der Waals surface area contributed by atoms with Gasteiger partial charge in [-0.1, -0.05) is 12.1 Å². The van der Waals surface area contributed by atoms with Gasteiger partial charge in [0, 0.05) is 6.54 Å². The summed E-state index contributed by atoms with van der Waals surface area (Å²) >= 11 is 0. The Kier molecular flexibility index (Phi) is 4.05. The van der Waals surface area contributed by atoms with Crippen LogP contribution in [0.1, 0.15) is 29.9 Å². The number of methoxy groups -OCH3 is 1. The molecule has 0 aliphatic rings. The second-order valence-electron chi connectivity index (χ2n) is 4.42. The molecule has 0 bridgehead atoms. The van der Waals surface area contributed by atoms with E-state index < -0.39 is 0 Å². The fourth-order valence-corrected chi connectivity index (χ4v) is 1.96. The maximum atomic E-state index is 5.36. The molecule has 0 fully saturated rings. The fourth-order valence-electron chi connectivity index (χ4n) is 1.96. The Morgan fingerprint density at radius 1 is 1.33 bits per heavy atom. The van der Waals surface area contributed by atoms with E-state index in [2.05, 4.69) is 31.3 Å². The topological polar surface area (TPSA) is 34.4 Å². The molecule has 96 valence electrons. The van der Waals surface area contributed by atoms with Gasteiger partial charge in [0.15, 0.2) is 0 Å². The average Bonchev–Trinajstić information content (AvgIpc) is 2.90. The first-order valence-corrected chi connectivity index (χ1v) is 6.11. The standard InChI is InChI=1S/C15H19NO2/c1-11-9-13(6-7-14(11)17-3)10-16-12(2)15-5-4-8-18-15/h4-9,12,16H,10H2,1-3H3/t12-/m0/s1. The average molecular weight is 245 g/mol. The maximum absolute atomic E-state index is 5.36. The molecule has 1 N–H and O–H groups in total. The molecule has 2 rings (SSSR count). The minimum Gasteiger partial charge on any atom is -0.496 e. The van der Waals surface area contributed by atoms with E-state index in [0.29, 0.717) is 0 Å². The van der Waals surface area contributed by atoms with Gasteiger partial charge in [-0.2, -0.15) is 0 Å². The Bertz CT molecular complexity index is 491. The molecule has 3 nitrogen and oxygen atoms in total. The van der Waals surface area contributed by atoms with Crippen molar-refractivity contribution >= 4 is 0 Å². The van der Waals surface area contributed by atoms with Crippen molar-refractivity contribution in [3.63, 3.8) is 0 Å². The van der Waals surface area contributed by atoms with Gasteiger partial charge in [0.25, 0.3) is 0 Å². The smallest absolute Gasteiger partial charge is 0.121 e. The zero-order chi connectivity index (χ0) is 13.0. The predicted molar refractivity (Wildman–Crippen MR) is 71.7 cm³/mol. The first kappa shape index (κ1) is 12.7. The lowest BCUT2D eigenvalue weighted by molar-refractivity contribution is 0.411. The number of hydrogen-bond donors (Lipinski definition) is 1. The molecule has 1 aromatic heterocycles. The van der Waals surface area contributed by atoms with Crippen molar-refractivity contribution < 1.29 is 9.15 Å². The highest BCUT2D eigenvalue weighted by atomic mass is 16.5. The van der Waals surface area contributed by atoms with E-state index in [0.717, 1.165) is 23.6 Å². The third-order valence-corrected chi connectivity index (χ3v) is 3.04. The molecule has 1 atom stereocenters. The van der Waals surface area contributed by atoms with E-state index in [-0.39, 0.29) is 6.04 Å². The minimum absolute atomic E-state index is 0.211. The third-order valence-electron chi connectivity index (χ3n) is 3.04. The number of rotatable bonds is 5. The number of nitrogens with one attached hydrogen (secondary N) is 1. The maximum Gasteiger partial charge on any atom is 0.121 e. The number of ether oxygens (including phenoxy) is 1. The van der Waals surface area contributed by atoms with E-state index in [4.69, 9.17) is 9.15 Å². The Hall–Kier alpha value is -1.74. The Labute approximate surface area is 108 Å². The van der Waals surface area contributed by atoms with Gasteiger partial charge < -0.3 is 14.5 Å². The molecule has 0 aliphatic carbocycles. The summed E-state index contributed by atoms with van der Waals surface area (Å²) in [4.78, 5) is 0. The van der Waals surface area contributed by atoms with Crippen LogP contribution in [-0.2, 0) is 6.54 Å². The fraction of sp³-hybridized carbons (Fsp3) is 0.333. The summed E-state index contributed by atoms with van der Waals surface area (Å²) in [7, 11) is 1.69. The molecule has 0 unspecified atom stereocenters. The van der Waals surface area contributed by atoms with Gasteiger partial charge in [-0.3, -0.25) is 0 Å². The van der Waals surface area contributed by atoms with E-state index in [1.54, 1.807) is 13.4 Å². The lowest BCUT2D eigenvalue weighted by Gasteiger charge is -2.12. The van der Waals surface area contributed by atoms with E-state index in [1.807, 2.05) is 18.2 Å². The third kappa shape index (κ3) is 2.93. The lowest BCUT2D eigenvalue weighted by atomic mass is 10.1. The van der Waals surface area contributed by atoms with Crippen molar-refractivity contribution in [2.45, 2.75) is 26.4 Å². The summed E-state index contributed by atoms with van der Waals surface area (Å²) < 4.78 is 10.6. The monoisotopic (exact) mass is 245 g/mol. The molecule has 0 saturated carbocycles. The van der Waals surface area contributed by atoms with Gasteiger partial charge in [0.1, 0.15) is 11.5 Å². The summed E-state index contributed by atoms with van der Waals surface area (Å²) in [6, 6.07) is 10.3. The molecule has 18 heavy (non-hydrogen) atoms. The van der Waals surface area contributed by atoms with Crippen LogP contribution in [0.3, 0.4) is 0 Å². The summed E-state index contributed by atoms with van der Waals surface area (Å²) in [6.45, 7) is 4.96. The van der Waals surface area contributed by atoms with Crippen molar-refractivity contribution in [1.82, 2.24) is 5.32 Å². The highest BCUT2D eigenvalue weighted by molar-refractivity contribution is 5.36. The van der Waals surface area contributed by atoms with Crippen molar-refractivity contribution in [1.29, 1.82) is 0 Å². The Morgan fingerprint density at radius 2 is 2.17 bits per heavy atom. The molecule has 1 aromatic carbocycles. The zero-order valence-corrected chi connectivity index (χ0v) is 11.1. The number of aryl methyl sites for hydroxylation is 1. The quantitative estimate of drug-likeness (QED) is 0.876. The molecule has 3 heteroatoms. The summed E-state index contributed by atoms with van der Waals surface area (Å²) in [5.41, 5.74) is 2.40. The van der Waals surface area contributed by atoms with E-state index in [1.165, 1.54) is 5.56 Å². The largest absolute Gasteiger partial charge is 0.496 e. The summed E-state index contributed by atoms with van der Waals surface area (Å²) in [5, 5.41) is 3.43. The van der Waals surface area contributed by atoms with Crippen LogP contribution < -0.4 is 10.1 Å². The van der Waals surface area contributed by atoms with Crippen LogP contribution in [0.4, 0.5) is 0 Å². The zero-order valence-electron chi connectivity index (χ0n) is 11.1. The Balaban J connectivity index is 1.96. The SMILES string of the molecule is COc1ccc(CN[C@@H](C)c2ccco2)cc1C. The van der Waals surface area contributed by atoms with E-state index in [9.17, 15) is 0 Å². The number of benzene rings is 1. The van der Waals surface area contributed by atoms with Gasteiger partial charge in [-0.05, 0) is 43.2 Å². The van der Waals surface area contributed by atoms with Gasteiger partial charge in [0.2, 0.25) is 0 Å². The van der Waals surface area contributed by atoms with Crippen LogP contribution in [0.15, 0.2) is 41.0 Å². The predicted octanol–water partition coefficient (Wildman–Crippen LogP) is 3.45. The number of furan rings is 1. The molecule has 0 amide bonds. The first-order chi connectivity index (χ1) is 8.70. The van der Waals surface area contributed by atoms with Gasteiger partial charge in [-0.15, -0.1) is 0 Å². The van der Waals surface area contributed by atoms with Crippen LogP contribution in [-0.4, -0.2) is 7.11 Å². The van der Waals surface area contributed by atoms with Crippen LogP contribution >= 0.6 is 0 Å². The molecule has 0 saturated heterocycles. The van der Waals surface area contributed by atoms with Crippen LogP contribution in [0.2, 0.25) is 0 Å². The van der Waals surface area contributed by atoms with Crippen molar-refractivity contribution in [3.05, 3.63) is 53.5 Å². The minimum atomic E-state index is 0.211. The lowest BCUT2D eigenvalue weighted by Crippen LogP contribution is -2.17. The highest BCUT2D eigenvalue weighted by Crippen LogP contribution is 2.19. The van der Waals surface area contributed by atoms with Crippen LogP contribution in [0.5, 0.6) is 5.75 Å². The molecule has 1 heterocycles. The van der Waals surface area contributed by atoms with Crippen LogP contribution in [0, 0.1) is 6.92 Å². The second kappa shape index (κ2) is 5.74. The Morgan fingerprint density at radius 3 is 2.78 bits per heavy atom. The second-order valence-corrected chi connectivity index (χ2v) is 4.42. The summed E-state index contributed by atoms with van der Waals surface area (Å²) in [5.74, 6) is 1.89. The molecule has 2 aromatic rings. The molecule has 0 aliphatic heterocycles. The normalized spacial score (nSPS) is 12.4.